The van der Waals surface area contributed by atoms with E-state index in [1.54, 1.807) is 18.2 Å². The Kier molecular flexibility index (Phi) is 5.17. The molecule has 26 heavy (non-hydrogen) atoms. The maximum Gasteiger partial charge on any atom is 0.259 e. The summed E-state index contributed by atoms with van der Waals surface area (Å²) in [6, 6.07) is 12.9. The predicted molar refractivity (Wildman–Crippen MR) is 95.2 cm³/mol. The number of aryl methyl sites for hydroxylation is 1. The van der Waals surface area contributed by atoms with Gasteiger partial charge in [-0.25, -0.2) is 0 Å². The molecule has 1 N–H and O–H groups in total. The van der Waals surface area contributed by atoms with E-state index in [0.717, 1.165) is 11.1 Å². The number of benzene rings is 2. The van der Waals surface area contributed by atoms with Gasteiger partial charge in [0.05, 0.1) is 20.8 Å². The second-order valence-electron chi connectivity index (χ2n) is 5.59. The van der Waals surface area contributed by atoms with Crippen molar-refractivity contribution >= 4 is 5.91 Å². The molecule has 7 heteroatoms. The van der Waals surface area contributed by atoms with Crippen LogP contribution in [0.4, 0.5) is 0 Å². The van der Waals surface area contributed by atoms with E-state index in [-0.39, 0.29) is 12.5 Å². The fourth-order valence-corrected chi connectivity index (χ4v) is 2.46. The molecule has 0 aliphatic heterocycles. The van der Waals surface area contributed by atoms with Crippen LogP contribution >= 0.6 is 0 Å². The molecule has 1 amide bonds. The second kappa shape index (κ2) is 7.69. The Bertz CT molecular complexity index is 881. The van der Waals surface area contributed by atoms with Crippen molar-refractivity contribution in [2.24, 2.45) is 0 Å². The largest absolute Gasteiger partial charge is 0.496 e. The van der Waals surface area contributed by atoms with Crippen LogP contribution in [0.1, 0.15) is 21.8 Å². The van der Waals surface area contributed by atoms with Gasteiger partial charge in [-0.1, -0.05) is 23.8 Å². The Hall–Kier alpha value is -3.35. The highest BCUT2D eigenvalue weighted by atomic mass is 16.5. The highest BCUT2D eigenvalue weighted by molar-refractivity contribution is 5.99. The lowest BCUT2D eigenvalue weighted by Gasteiger charge is -2.12. The smallest absolute Gasteiger partial charge is 0.259 e. The number of hydrogen-bond acceptors (Lipinski definition) is 6. The standard InChI is InChI=1S/C19H19N3O4/c1-12-7-9-13(10-8-12)19-22-21-16(26-19)11-20-18(23)17-14(24-2)5-4-6-15(17)25-3/h4-10H,11H2,1-3H3,(H,20,23). The molecule has 0 saturated heterocycles. The van der Waals surface area contributed by atoms with Crippen LogP contribution in [-0.2, 0) is 6.54 Å². The Labute approximate surface area is 151 Å². The van der Waals surface area contributed by atoms with E-state index >= 15 is 0 Å². The van der Waals surface area contributed by atoms with Crippen molar-refractivity contribution in [1.29, 1.82) is 0 Å². The topological polar surface area (TPSA) is 86.5 Å². The van der Waals surface area contributed by atoms with Crippen molar-refractivity contribution in [2.75, 3.05) is 14.2 Å². The summed E-state index contributed by atoms with van der Waals surface area (Å²) in [5.41, 5.74) is 2.29. The van der Waals surface area contributed by atoms with Gasteiger partial charge in [-0.2, -0.15) is 0 Å². The second-order valence-corrected chi connectivity index (χ2v) is 5.59. The molecule has 1 heterocycles. The minimum atomic E-state index is -0.352. The average molecular weight is 353 g/mol. The summed E-state index contributed by atoms with van der Waals surface area (Å²) < 4.78 is 16.1. The maximum atomic E-state index is 12.5. The summed E-state index contributed by atoms with van der Waals surface area (Å²) in [5.74, 6) is 1.21. The lowest BCUT2D eigenvalue weighted by atomic mass is 10.1. The fraction of sp³-hybridized carbons (Fsp3) is 0.211. The van der Waals surface area contributed by atoms with Crippen molar-refractivity contribution in [3.05, 3.63) is 59.5 Å². The molecule has 134 valence electrons. The van der Waals surface area contributed by atoms with Gasteiger partial charge in [-0.15, -0.1) is 10.2 Å². The number of ether oxygens (including phenoxy) is 2. The van der Waals surface area contributed by atoms with Crippen LogP contribution in [-0.4, -0.2) is 30.3 Å². The summed E-state index contributed by atoms with van der Waals surface area (Å²) in [6.45, 7) is 2.10. The van der Waals surface area contributed by atoms with Gasteiger partial charge >= 0.3 is 0 Å². The number of nitrogens with one attached hydrogen (secondary N) is 1. The third-order valence-electron chi connectivity index (χ3n) is 3.82. The van der Waals surface area contributed by atoms with Gasteiger partial charge in [0.2, 0.25) is 11.8 Å². The first-order chi connectivity index (χ1) is 12.6. The molecule has 0 spiro atoms. The molecule has 0 aliphatic carbocycles. The van der Waals surface area contributed by atoms with Gasteiger partial charge in [0.25, 0.3) is 5.91 Å². The third kappa shape index (κ3) is 3.66. The summed E-state index contributed by atoms with van der Waals surface area (Å²) in [4.78, 5) is 12.5. The number of rotatable bonds is 6. The molecule has 0 saturated carbocycles. The van der Waals surface area contributed by atoms with Gasteiger partial charge in [0, 0.05) is 5.56 Å². The van der Waals surface area contributed by atoms with Crippen molar-refractivity contribution in [2.45, 2.75) is 13.5 Å². The van der Waals surface area contributed by atoms with E-state index < -0.39 is 0 Å². The molecule has 0 bridgehead atoms. The van der Waals surface area contributed by atoms with Crippen LogP contribution in [0.5, 0.6) is 11.5 Å². The number of methoxy groups -OCH3 is 2. The zero-order valence-corrected chi connectivity index (χ0v) is 14.8. The minimum absolute atomic E-state index is 0.0961. The van der Waals surface area contributed by atoms with Gasteiger partial charge in [0.15, 0.2) is 0 Å². The lowest BCUT2D eigenvalue weighted by Crippen LogP contribution is -2.24. The van der Waals surface area contributed by atoms with Crippen LogP contribution < -0.4 is 14.8 Å². The van der Waals surface area contributed by atoms with E-state index in [4.69, 9.17) is 13.9 Å². The molecule has 0 fully saturated rings. The SMILES string of the molecule is COc1cccc(OC)c1C(=O)NCc1nnc(-c2ccc(C)cc2)o1. The first-order valence-electron chi connectivity index (χ1n) is 8.01. The third-order valence-corrected chi connectivity index (χ3v) is 3.82. The number of carbonyl (C=O) groups excluding carboxylic acids is 1. The molecule has 7 nitrogen and oxygen atoms in total. The van der Waals surface area contributed by atoms with Gasteiger partial charge < -0.3 is 19.2 Å². The first kappa shape index (κ1) is 17.5. The molecule has 0 radical (unpaired) electrons. The first-order valence-corrected chi connectivity index (χ1v) is 8.01. The van der Waals surface area contributed by atoms with Gasteiger partial charge in [-0.05, 0) is 31.2 Å². The monoisotopic (exact) mass is 353 g/mol. The van der Waals surface area contributed by atoms with E-state index in [1.807, 2.05) is 31.2 Å². The van der Waals surface area contributed by atoms with Crippen LogP contribution in [0.25, 0.3) is 11.5 Å². The quantitative estimate of drug-likeness (QED) is 0.733. The number of amides is 1. The molecule has 0 aliphatic rings. The van der Waals surface area contributed by atoms with Gasteiger partial charge in [0.1, 0.15) is 17.1 Å². The van der Waals surface area contributed by atoms with Crippen molar-refractivity contribution in [1.82, 2.24) is 15.5 Å². The molecular formula is C19H19N3O4. The predicted octanol–water partition coefficient (Wildman–Crippen LogP) is 2.99. The van der Waals surface area contributed by atoms with Crippen LogP contribution in [0, 0.1) is 6.92 Å². The Morgan fingerprint density at radius 2 is 1.69 bits per heavy atom. The maximum absolute atomic E-state index is 12.5. The summed E-state index contributed by atoms with van der Waals surface area (Å²) in [5, 5.41) is 10.7. The van der Waals surface area contributed by atoms with Crippen molar-refractivity contribution < 1.29 is 18.7 Å². The lowest BCUT2D eigenvalue weighted by molar-refractivity contribution is 0.0941. The summed E-state index contributed by atoms with van der Waals surface area (Å²) >= 11 is 0. The molecular weight excluding hydrogens is 334 g/mol. The van der Waals surface area contributed by atoms with Crippen LogP contribution in [0.15, 0.2) is 46.9 Å². The number of carbonyl (C=O) groups is 1. The highest BCUT2D eigenvalue weighted by Gasteiger charge is 2.19. The molecule has 0 unspecified atom stereocenters. The van der Waals surface area contributed by atoms with Gasteiger partial charge in [-0.3, -0.25) is 4.79 Å². The van der Waals surface area contributed by atoms with E-state index in [9.17, 15) is 4.79 Å². The molecule has 3 rings (SSSR count). The zero-order valence-electron chi connectivity index (χ0n) is 14.8. The molecule has 2 aromatic carbocycles. The Morgan fingerprint density at radius 3 is 2.31 bits per heavy atom. The highest BCUT2D eigenvalue weighted by Crippen LogP contribution is 2.28. The summed E-state index contributed by atoms with van der Waals surface area (Å²) in [7, 11) is 2.99. The zero-order chi connectivity index (χ0) is 18.5. The fourth-order valence-electron chi connectivity index (χ4n) is 2.46. The number of aromatic nitrogens is 2. The Morgan fingerprint density at radius 1 is 1.04 bits per heavy atom. The molecule has 1 aromatic heterocycles. The average Bonchev–Trinajstić information content (AvgIpc) is 3.15. The van der Waals surface area contributed by atoms with E-state index in [1.165, 1.54) is 14.2 Å². The van der Waals surface area contributed by atoms with Crippen LogP contribution in [0.2, 0.25) is 0 Å². The van der Waals surface area contributed by atoms with Crippen LogP contribution in [0.3, 0.4) is 0 Å². The van der Waals surface area contributed by atoms with E-state index in [0.29, 0.717) is 28.8 Å². The Balaban J connectivity index is 1.72. The van der Waals surface area contributed by atoms with Crippen molar-refractivity contribution in [3.8, 4) is 23.0 Å². The molecule has 3 aromatic rings. The normalized spacial score (nSPS) is 10.4. The van der Waals surface area contributed by atoms with Crippen molar-refractivity contribution in [3.63, 3.8) is 0 Å². The van der Waals surface area contributed by atoms with E-state index in [2.05, 4.69) is 15.5 Å². The molecule has 0 atom stereocenters. The number of hydrogen-bond donors (Lipinski definition) is 1. The number of nitrogens with zero attached hydrogens (tertiary/aromatic N) is 2. The summed E-state index contributed by atoms with van der Waals surface area (Å²) in [6.07, 6.45) is 0. The minimum Gasteiger partial charge on any atom is -0.496 e.